The molecule has 1 aromatic heterocycles. The van der Waals surface area contributed by atoms with Crippen molar-refractivity contribution in [1.82, 2.24) is 10.2 Å². The minimum atomic E-state index is -3.79. The molecule has 0 aliphatic rings. The van der Waals surface area contributed by atoms with E-state index in [1.165, 1.54) is 7.11 Å². The summed E-state index contributed by atoms with van der Waals surface area (Å²) in [4.78, 5) is 0. The lowest BCUT2D eigenvalue weighted by Crippen LogP contribution is -1.91. The SMILES string of the molecule is COc1ccc2c(S(=O)(=O)Cl)[nH]nc2c1. The molecule has 0 atom stereocenters. The summed E-state index contributed by atoms with van der Waals surface area (Å²) in [5.41, 5.74) is 0.494. The Morgan fingerprint density at radius 2 is 2.20 bits per heavy atom. The molecule has 5 nitrogen and oxygen atoms in total. The number of aromatic nitrogens is 2. The van der Waals surface area contributed by atoms with Crippen molar-refractivity contribution in [2.45, 2.75) is 5.03 Å². The number of ether oxygens (including phenoxy) is 1. The molecule has 0 spiro atoms. The Balaban J connectivity index is 2.73. The van der Waals surface area contributed by atoms with Crippen molar-refractivity contribution >= 4 is 30.6 Å². The maximum Gasteiger partial charge on any atom is 0.278 e. The summed E-state index contributed by atoms with van der Waals surface area (Å²) < 4.78 is 27.2. The summed E-state index contributed by atoms with van der Waals surface area (Å²) >= 11 is 0. The van der Waals surface area contributed by atoms with E-state index in [1.807, 2.05) is 0 Å². The molecular formula is C8H7ClN2O3S. The van der Waals surface area contributed by atoms with Crippen molar-refractivity contribution in [2.24, 2.45) is 0 Å². The fourth-order valence-corrected chi connectivity index (χ4v) is 2.22. The van der Waals surface area contributed by atoms with E-state index in [1.54, 1.807) is 18.2 Å². The number of halogens is 1. The van der Waals surface area contributed by atoms with E-state index >= 15 is 0 Å². The van der Waals surface area contributed by atoms with Gasteiger partial charge in [-0.1, -0.05) is 0 Å². The summed E-state index contributed by atoms with van der Waals surface area (Å²) in [5, 5.41) is 6.56. The molecule has 80 valence electrons. The summed E-state index contributed by atoms with van der Waals surface area (Å²) in [6, 6.07) is 4.85. The van der Waals surface area contributed by atoms with Crippen molar-refractivity contribution in [1.29, 1.82) is 0 Å². The highest BCUT2D eigenvalue weighted by Crippen LogP contribution is 2.25. The van der Waals surface area contributed by atoms with Crippen LogP contribution >= 0.6 is 10.7 Å². The first kappa shape index (κ1) is 10.3. The highest BCUT2D eigenvalue weighted by Gasteiger charge is 2.17. The molecule has 0 radical (unpaired) electrons. The predicted molar refractivity (Wildman–Crippen MR) is 55.7 cm³/mol. The molecule has 0 saturated carbocycles. The number of aromatic amines is 1. The van der Waals surface area contributed by atoms with E-state index in [4.69, 9.17) is 15.4 Å². The smallest absolute Gasteiger partial charge is 0.278 e. The monoisotopic (exact) mass is 246 g/mol. The lowest BCUT2D eigenvalue weighted by molar-refractivity contribution is 0.415. The molecule has 0 unspecified atom stereocenters. The van der Waals surface area contributed by atoms with Crippen LogP contribution in [0.25, 0.3) is 10.9 Å². The number of fused-ring (bicyclic) bond motifs is 1. The van der Waals surface area contributed by atoms with Gasteiger partial charge in [0.05, 0.1) is 12.6 Å². The van der Waals surface area contributed by atoms with Gasteiger partial charge in [0.2, 0.25) is 0 Å². The third kappa shape index (κ3) is 1.78. The average molecular weight is 247 g/mol. The van der Waals surface area contributed by atoms with Gasteiger partial charge in [0.25, 0.3) is 9.05 Å². The first-order valence-corrected chi connectivity index (χ1v) is 6.30. The molecule has 1 aromatic carbocycles. The van der Waals surface area contributed by atoms with Crippen LogP contribution in [0.2, 0.25) is 0 Å². The lowest BCUT2D eigenvalue weighted by atomic mass is 10.2. The van der Waals surface area contributed by atoms with Gasteiger partial charge in [-0.15, -0.1) is 0 Å². The molecule has 0 aliphatic heterocycles. The molecule has 15 heavy (non-hydrogen) atoms. The van der Waals surface area contributed by atoms with E-state index in [2.05, 4.69) is 10.2 Å². The Morgan fingerprint density at radius 3 is 2.80 bits per heavy atom. The van der Waals surface area contributed by atoms with Gasteiger partial charge in [-0.3, -0.25) is 5.10 Å². The van der Waals surface area contributed by atoms with Gasteiger partial charge in [0.1, 0.15) is 5.75 Å². The maximum atomic E-state index is 11.1. The van der Waals surface area contributed by atoms with Crippen LogP contribution in [-0.4, -0.2) is 25.7 Å². The normalized spacial score (nSPS) is 11.9. The number of benzene rings is 1. The Kier molecular flexibility index (Phi) is 2.32. The van der Waals surface area contributed by atoms with Gasteiger partial charge in [-0.2, -0.15) is 5.10 Å². The number of methoxy groups -OCH3 is 1. The summed E-state index contributed by atoms with van der Waals surface area (Å²) in [6.07, 6.45) is 0. The maximum absolute atomic E-state index is 11.1. The van der Waals surface area contributed by atoms with Crippen LogP contribution in [0, 0.1) is 0 Å². The molecule has 0 bridgehead atoms. The fourth-order valence-electron chi connectivity index (χ4n) is 1.28. The van der Waals surface area contributed by atoms with E-state index in [0.29, 0.717) is 16.7 Å². The highest BCUT2D eigenvalue weighted by molar-refractivity contribution is 8.13. The second-order valence-electron chi connectivity index (χ2n) is 2.87. The zero-order valence-corrected chi connectivity index (χ0v) is 9.26. The van der Waals surface area contributed by atoms with Gasteiger partial charge < -0.3 is 4.74 Å². The first-order valence-electron chi connectivity index (χ1n) is 3.99. The molecule has 7 heteroatoms. The summed E-state index contributed by atoms with van der Waals surface area (Å²) in [5.74, 6) is 0.604. The van der Waals surface area contributed by atoms with Gasteiger partial charge in [0, 0.05) is 22.1 Å². The molecule has 0 fully saturated rings. The third-order valence-electron chi connectivity index (χ3n) is 1.97. The highest BCUT2D eigenvalue weighted by atomic mass is 35.7. The van der Waals surface area contributed by atoms with Crippen LogP contribution < -0.4 is 4.74 Å². The van der Waals surface area contributed by atoms with Gasteiger partial charge in [0.15, 0.2) is 5.03 Å². The number of H-pyrrole nitrogens is 1. The largest absolute Gasteiger partial charge is 0.497 e. The second kappa shape index (κ2) is 3.39. The third-order valence-corrected chi connectivity index (χ3v) is 3.23. The van der Waals surface area contributed by atoms with Crippen LogP contribution in [0.5, 0.6) is 5.75 Å². The average Bonchev–Trinajstić information content (AvgIpc) is 2.59. The van der Waals surface area contributed by atoms with Crippen LogP contribution in [0.1, 0.15) is 0 Å². The van der Waals surface area contributed by atoms with Crippen molar-refractivity contribution in [3.63, 3.8) is 0 Å². The Morgan fingerprint density at radius 1 is 1.47 bits per heavy atom. The van der Waals surface area contributed by atoms with E-state index < -0.39 is 9.05 Å². The van der Waals surface area contributed by atoms with Gasteiger partial charge >= 0.3 is 0 Å². The topological polar surface area (TPSA) is 72.1 Å². The molecule has 0 aliphatic carbocycles. The second-order valence-corrected chi connectivity index (χ2v) is 5.38. The molecule has 0 amide bonds. The molecular weight excluding hydrogens is 240 g/mol. The van der Waals surface area contributed by atoms with Crippen LogP contribution in [0.15, 0.2) is 23.2 Å². The molecule has 2 rings (SSSR count). The van der Waals surface area contributed by atoms with Gasteiger partial charge in [-0.05, 0) is 12.1 Å². The molecule has 2 aromatic rings. The number of rotatable bonds is 2. The Labute approximate surface area is 90.4 Å². The van der Waals surface area contributed by atoms with E-state index in [0.717, 1.165) is 0 Å². The van der Waals surface area contributed by atoms with Crippen molar-refractivity contribution in [3.8, 4) is 5.75 Å². The molecule has 0 saturated heterocycles. The number of hydrogen-bond donors (Lipinski definition) is 1. The standard InChI is InChI=1S/C8H7ClN2O3S/c1-14-5-2-3-6-7(4-5)10-11-8(6)15(9,12)13/h2-4H,1H3,(H,10,11). The van der Waals surface area contributed by atoms with Crippen LogP contribution in [0.3, 0.4) is 0 Å². The number of nitrogens with zero attached hydrogens (tertiary/aromatic N) is 1. The molecule has 1 N–H and O–H groups in total. The number of nitrogens with one attached hydrogen (secondary N) is 1. The summed E-state index contributed by atoms with van der Waals surface area (Å²) in [6.45, 7) is 0. The van der Waals surface area contributed by atoms with Crippen molar-refractivity contribution < 1.29 is 13.2 Å². The number of hydrogen-bond acceptors (Lipinski definition) is 4. The lowest BCUT2D eigenvalue weighted by Gasteiger charge is -1.97. The summed E-state index contributed by atoms with van der Waals surface area (Å²) in [7, 11) is 2.95. The van der Waals surface area contributed by atoms with Crippen LogP contribution in [0.4, 0.5) is 0 Å². The Bertz CT molecular complexity index is 605. The quantitative estimate of drug-likeness (QED) is 0.815. The Hall–Kier alpha value is -1.27. The first-order chi connectivity index (χ1) is 7.02. The zero-order chi connectivity index (χ0) is 11.1. The van der Waals surface area contributed by atoms with Crippen molar-refractivity contribution in [2.75, 3.05) is 7.11 Å². The van der Waals surface area contributed by atoms with E-state index in [9.17, 15) is 8.42 Å². The van der Waals surface area contributed by atoms with E-state index in [-0.39, 0.29) is 5.03 Å². The minimum Gasteiger partial charge on any atom is -0.497 e. The van der Waals surface area contributed by atoms with Crippen LogP contribution in [-0.2, 0) is 9.05 Å². The fraction of sp³-hybridized carbons (Fsp3) is 0.125. The zero-order valence-electron chi connectivity index (χ0n) is 7.69. The van der Waals surface area contributed by atoms with Gasteiger partial charge in [-0.25, -0.2) is 8.42 Å². The molecule has 1 heterocycles. The van der Waals surface area contributed by atoms with Crippen molar-refractivity contribution in [3.05, 3.63) is 18.2 Å². The minimum absolute atomic E-state index is 0.0955. The predicted octanol–water partition coefficient (Wildman–Crippen LogP) is 1.50.